The smallest absolute Gasteiger partial charge is 0.155 e. The number of ketones is 1. The van der Waals surface area contributed by atoms with E-state index in [-0.39, 0.29) is 5.78 Å². The molecular formula is C10H19NO2. The summed E-state index contributed by atoms with van der Waals surface area (Å²) in [5.41, 5.74) is 5.25. The summed E-state index contributed by atoms with van der Waals surface area (Å²) in [6, 6.07) is 0. The average Bonchev–Trinajstić information content (AvgIpc) is 2.53. The Bertz CT molecular complexity index is 185. The number of nitrogens with two attached hydrogens (primary N) is 1. The normalized spacial score (nSPS) is 30.4. The fraction of sp³-hybridized carbons (Fsp3) is 0.900. The quantitative estimate of drug-likeness (QED) is 0.713. The molecule has 0 saturated carbocycles. The van der Waals surface area contributed by atoms with Crippen molar-refractivity contribution in [2.75, 3.05) is 13.2 Å². The van der Waals surface area contributed by atoms with E-state index < -0.39 is 5.54 Å². The molecule has 0 spiro atoms. The maximum absolute atomic E-state index is 11.7. The van der Waals surface area contributed by atoms with Gasteiger partial charge in [0, 0.05) is 13.0 Å². The Balaban J connectivity index is 2.46. The zero-order valence-electron chi connectivity index (χ0n) is 8.51. The summed E-state index contributed by atoms with van der Waals surface area (Å²) in [4.78, 5) is 11.7. The Kier molecular flexibility index (Phi) is 3.45. The highest BCUT2D eigenvalue weighted by Gasteiger charge is 2.37. The van der Waals surface area contributed by atoms with E-state index in [9.17, 15) is 4.79 Å². The van der Waals surface area contributed by atoms with Gasteiger partial charge in [-0.15, -0.1) is 0 Å². The molecule has 1 aliphatic rings. The lowest BCUT2D eigenvalue weighted by Gasteiger charge is -2.21. The van der Waals surface area contributed by atoms with Crippen molar-refractivity contribution in [3.63, 3.8) is 0 Å². The highest BCUT2D eigenvalue weighted by molar-refractivity contribution is 5.88. The van der Waals surface area contributed by atoms with Crippen LogP contribution in [0, 0.1) is 5.92 Å². The highest BCUT2D eigenvalue weighted by atomic mass is 16.5. The van der Waals surface area contributed by atoms with Crippen molar-refractivity contribution in [1.82, 2.24) is 0 Å². The summed E-state index contributed by atoms with van der Waals surface area (Å²) in [7, 11) is 0. The van der Waals surface area contributed by atoms with Gasteiger partial charge in [0.1, 0.15) is 5.54 Å². The second-order valence-electron chi connectivity index (χ2n) is 4.10. The summed E-state index contributed by atoms with van der Waals surface area (Å²) in [5, 5.41) is 0. The molecule has 76 valence electrons. The summed E-state index contributed by atoms with van der Waals surface area (Å²) in [5.74, 6) is 0.605. The van der Waals surface area contributed by atoms with Crippen LogP contribution in [0.4, 0.5) is 0 Å². The molecule has 2 unspecified atom stereocenters. The molecule has 1 fully saturated rings. The number of hydrogen-bond donors (Lipinski definition) is 1. The molecule has 3 heteroatoms. The van der Waals surface area contributed by atoms with E-state index in [4.69, 9.17) is 10.5 Å². The Hall–Kier alpha value is -0.410. The molecule has 2 N–H and O–H groups in total. The van der Waals surface area contributed by atoms with Crippen LogP contribution in [0.5, 0.6) is 0 Å². The number of carbonyl (C=O) groups is 1. The zero-order valence-corrected chi connectivity index (χ0v) is 8.51. The summed E-state index contributed by atoms with van der Waals surface area (Å²) < 4.78 is 5.15. The topological polar surface area (TPSA) is 52.3 Å². The largest absolute Gasteiger partial charge is 0.379 e. The Morgan fingerprint density at radius 3 is 2.85 bits per heavy atom. The number of rotatable bonds is 4. The molecule has 0 amide bonds. The number of carbonyl (C=O) groups excluding carboxylic acids is 1. The van der Waals surface area contributed by atoms with Crippen molar-refractivity contribution in [2.45, 2.75) is 38.6 Å². The van der Waals surface area contributed by atoms with E-state index in [0.717, 1.165) is 6.42 Å². The molecule has 13 heavy (non-hydrogen) atoms. The fourth-order valence-electron chi connectivity index (χ4n) is 1.46. The Morgan fingerprint density at radius 2 is 2.38 bits per heavy atom. The van der Waals surface area contributed by atoms with Crippen molar-refractivity contribution >= 4 is 5.78 Å². The van der Waals surface area contributed by atoms with Gasteiger partial charge >= 0.3 is 0 Å². The van der Waals surface area contributed by atoms with Crippen LogP contribution in [0.3, 0.4) is 0 Å². The maximum Gasteiger partial charge on any atom is 0.155 e. The molecule has 0 radical (unpaired) electrons. The van der Waals surface area contributed by atoms with Crippen LogP contribution in [0.15, 0.2) is 0 Å². The molecule has 0 aromatic heterocycles. The fourth-order valence-corrected chi connectivity index (χ4v) is 1.46. The van der Waals surface area contributed by atoms with Gasteiger partial charge in [-0.05, 0) is 12.3 Å². The monoisotopic (exact) mass is 185 g/mol. The van der Waals surface area contributed by atoms with Gasteiger partial charge in [-0.1, -0.05) is 20.3 Å². The highest BCUT2D eigenvalue weighted by Crippen LogP contribution is 2.21. The molecule has 1 rings (SSSR count). The predicted molar refractivity (Wildman–Crippen MR) is 51.4 cm³/mol. The average molecular weight is 185 g/mol. The standard InChI is InChI=1S/C10H19NO2/c1-3-8(2)6-9(12)10(11)4-5-13-7-10/h8H,3-7,11H2,1-2H3. The van der Waals surface area contributed by atoms with Crippen LogP contribution in [-0.4, -0.2) is 24.5 Å². The van der Waals surface area contributed by atoms with Crippen molar-refractivity contribution in [1.29, 1.82) is 0 Å². The maximum atomic E-state index is 11.7. The van der Waals surface area contributed by atoms with Gasteiger partial charge in [0.05, 0.1) is 6.61 Å². The number of Topliss-reactive ketones (excluding diaryl/α,β-unsaturated/α-hetero) is 1. The van der Waals surface area contributed by atoms with E-state index >= 15 is 0 Å². The zero-order chi connectivity index (χ0) is 9.90. The predicted octanol–water partition coefficient (Wildman–Crippen LogP) is 1.11. The number of ether oxygens (including phenoxy) is 1. The third-order valence-corrected chi connectivity index (χ3v) is 2.84. The molecule has 1 saturated heterocycles. The van der Waals surface area contributed by atoms with E-state index in [1.165, 1.54) is 0 Å². The van der Waals surface area contributed by atoms with E-state index in [1.54, 1.807) is 0 Å². The van der Waals surface area contributed by atoms with Gasteiger partial charge in [0.25, 0.3) is 0 Å². The Labute approximate surface area is 79.6 Å². The molecule has 0 bridgehead atoms. The van der Waals surface area contributed by atoms with E-state index in [2.05, 4.69) is 13.8 Å². The van der Waals surface area contributed by atoms with Crippen molar-refractivity contribution in [3.05, 3.63) is 0 Å². The summed E-state index contributed by atoms with van der Waals surface area (Å²) in [6.45, 7) is 5.20. The third kappa shape index (κ3) is 2.51. The molecule has 0 aromatic rings. The van der Waals surface area contributed by atoms with Gasteiger partial charge < -0.3 is 10.5 Å². The van der Waals surface area contributed by atoms with E-state index in [0.29, 0.717) is 32.0 Å². The number of hydrogen-bond acceptors (Lipinski definition) is 3. The molecule has 1 aliphatic heterocycles. The Morgan fingerprint density at radius 1 is 1.69 bits per heavy atom. The van der Waals surface area contributed by atoms with Crippen LogP contribution in [0.25, 0.3) is 0 Å². The van der Waals surface area contributed by atoms with Gasteiger partial charge in [0.15, 0.2) is 5.78 Å². The van der Waals surface area contributed by atoms with Crippen LogP contribution >= 0.6 is 0 Å². The molecule has 0 aromatic carbocycles. The van der Waals surface area contributed by atoms with Gasteiger partial charge in [-0.3, -0.25) is 4.79 Å². The van der Waals surface area contributed by atoms with Crippen LogP contribution in [0.2, 0.25) is 0 Å². The second kappa shape index (κ2) is 4.20. The minimum Gasteiger partial charge on any atom is -0.379 e. The van der Waals surface area contributed by atoms with E-state index in [1.807, 2.05) is 0 Å². The van der Waals surface area contributed by atoms with Crippen molar-refractivity contribution < 1.29 is 9.53 Å². The van der Waals surface area contributed by atoms with Crippen molar-refractivity contribution in [2.24, 2.45) is 11.7 Å². The van der Waals surface area contributed by atoms with Crippen molar-refractivity contribution in [3.8, 4) is 0 Å². The lowest BCUT2D eigenvalue weighted by atomic mass is 9.88. The van der Waals surface area contributed by atoms with Gasteiger partial charge in [0.2, 0.25) is 0 Å². The molecule has 3 nitrogen and oxygen atoms in total. The third-order valence-electron chi connectivity index (χ3n) is 2.84. The second-order valence-corrected chi connectivity index (χ2v) is 4.10. The first-order chi connectivity index (χ1) is 6.08. The summed E-state index contributed by atoms with van der Waals surface area (Å²) in [6.07, 6.45) is 2.31. The van der Waals surface area contributed by atoms with Crippen LogP contribution in [-0.2, 0) is 9.53 Å². The van der Waals surface area contributed by atoms with Crippen LogP contribution in [0.1, 0.15) is 33.1 Å². The molecule has 2 atom stereocenters. The lowest BCUT2D eigenvalue weighted by Crippen LogP contribution is -2.48. The first kappa shape index (κ1) is 10.7. The SMILES string of the molecule is CCC(C)CC(=O)C1(N)CCOC1. The minimum absolute atomic E-state index is 0.166. The first-order valence-corrected chi connectivity index (χ1v) is 4.98. The molecule has 1 heterocycles. The van der Waals surface area contributed by atoms with Crippen LogP contribution < -0.4 is 5.73 Å². The molecule has 0 aliphatic carbocycles. The minimum atomic E-state index is -0.677. The first-order valence-electron chi connectivity index (χ1n) is 4.98. The summed E-state index contributed by atoms with van der Waals surface area (Å²) >= 11 is 0. The van der Waals surface area contributed by atoms with Gasteiger partial charge in [-0.2, -0.15) is 0 Å². The molecular weight excluding hydrogens is 166 g/mol. The lowest BCUT2D eigenvalue weighted by molar-refractivity contribution is -0.125. The van der Waals surface area contributed by atoms with Gasteiger partial charge in [-0.25, -0.2) is 0 Å².